The van der Waals surface area contributed by atoms with Crippen molar-refractivity contribution in [2.24, 2.45) is 0 Å². The summed E-state index contributed by atoms with van der Waals surface area (Å²) in [5, 5.41) is 6.57. The van der Waals surface area contributed by atoms with Crippen molar-refractivity contribution in [1.29, 1.82) is 5.41 Å². The lowest BCUT2D eigenvalue weighted by Crippen LogP contribution is -1.86. The molecule has 0 spiro atoms. The predicted molar refractivity (Wildman–Crippen MR) is 34.4 cm³/mol. The third-order valence-electron chi connectivity index (χ3n) is 1.03. The van der Waals surface area contributed by atoms with E-state index in [-0.39, 0.29) is 0 Å². The Morgan fingerprint density at radius 2 is 1.78 bits per heavy atom. The van der Waals surface area contributed by atoms with Gasteiger partial charge in [0, 0.05) is 5.56 Å². The molecule has 0 unspecified atom stereocenters. The van der Waals surface area contributed by atoms with E-state index in [1.807, 2.05) is 0 Å². The summed E-state index contributed by atoms with van der Waals surface area (Å²) in [4.78, 5) is 0. The number of halogens is 1. The monoisotopic (exact) mass is 123 g/mol. The molecule has 0 bridgehead atoms. The molecule has 1 aromatic rings. The molecule has 0 aliphatic heterocycles. The fourth-order valence-corrected chi connectivity index (χ4v) is 0.584. The summed E-state index contributed by atoms with van der Waals surface area (Å²) in [7, 11) is 0. The van der Waals surface area contributed by atoms with E-state index in [2.05, 4.69) is 0 Å². The maximum absolute atomic E-state index is 12.0. The molecule has 0 amide bonds. The van der Waals surface area contributed by atoms with Crippen LogP contribution in [0, 0.1) is 5.41 Å². The molecule has 1 N–H and O–H groups in total. The lowest BCUT2D eigenvalue weighted by molar-refractivity contribution is 0.798. The molecule has 0 atom stereocenters. The van der Waals surface area contributed by atoms with Crippen molar-refractivity contribution in [3.05, 3.63) is 35.9 Å². The number of hydrogen-bond donors (Lipinski definition) is 1. The van der Waals surface area contributed by atoms with E-state index in [1.54, 1.807) is 30.3 Å². The molecule has 0 aliphatic carbocycles. The minimum atomic E-state index is -0.879. The second kappa shape index (κ2) is 2.40. The van der Waals surface area contributed by atoms with Crippen molar-refractivity contribution in [3.8, 4) is 0 Å². The molecule has 0 aliphatic rings. The van der Waals surface area contributed by atoms with Gasteiger partial charge in [0.05, 0.1) is 0 Å². The lowest BCUT2D eigenvalue weighted by atomic mass is 10.2. The average molecular weight is 123 g/mol. The molecule has 0 heterocycles. The van der Waals surface area contributed by atoms with Gasteiger partial charge in [-0.05, 0) is 0 Å². The van der Waals surface area contributed by atoms with Gasteiger partial charge < -0.3 is 0 Å². The topological polar surface area (TPSA) is 23.9 Å². The molecule has 1 rings (SSSR count). The van der Waals surface area contributed by atoms with Crippen LogP contribution in [-0.4, -0.2) is 5.97 Å². The van der Waals surface area contributed by atoms with E-state index in [0.29, 0.717) is 5.56 Å². The molecule has 0 aromatic heterocycles. The highest BCUT2D eigenvalue weighted by Gasteiger charge is 1.93. The Morgan fingerprint density at radius 1 is 1.22 bits per heavy atom. The third kappa shape index (κ3) is 1.35. The molecule has 1 aromatic carbocycles. The van der Waals surface area contributed by atoms with Gasteiger partial charge in [-0.3, -0.25) is 5.41 Å². The van der Waals surface area contributed by atoms with E-state index in [0.717, 1.165) is 0 Å². The van der Waals surface area contributed by atoms with Crippen molar-refractivity contribution >= 4 is 5.97 Å². The summed E-state index contributed by atoms with van der Waals surface area (Å²) in [5.41, 5.74) is 0.331. The van der Waals surface area contributed by atoms with E-state index in [4.69, 9.17) is 5.41 Å². The van der Waals surface area contributed by atoms with E-state index in [9.17, 15) is 4.39 Å². The van der Waals surface area contributed by atoms with Crippen LogP contribution in [0.4, 0.5) is 4.39 Å². The Labute approximate surface area is 52.6 Å². The Kier molecular flexibility index (Phi) is 1.58. The molecule has 2 heteroatoms. The van der Waals surface area contributed by atoms with Gasteiger partial charge in [-0.2, -0.15) is 4.39 Å². The van der Waals surface area contributed by atoms with Crippen LogP contribution in [0.5, 0.6) is 0 Å². The van der Waals surface area contributed by atoms with E-state index >= 15 is 0 Å². The fourth-order valence-electron chi connectivity index (χ4n) is 0.584. The van der Waals surface area contributed by atoms with Gasteiger partial charge in [0.25, 0.3) is 0 Å². The standard InChI is InChI=1S/C7H6FN/c8-7(9)6-4-2-1-3-5-6/h1-5,9H. The summed E-state index contributed by atoms with van der Waals surface area (Å²) in [5.74, 6) is -0.879. The lowest BCUT2D eigenvalue weighted by Gasteiger charge is -1.89. The summed E-state index contributed by atoms with van der Waals surface area (Å²) in [6.45, 7) is 0. The summed E-state index contributed by atoms with van der Waals surface area (Å²) < 4.78 is 12.0. The highest BCUT2D eigenvalue weighted by molar-refractivity contribution is 5.90. The molecule has 46 valence electrons. The van der Waals surface area contributed by atoms with Crippen LogP contribution in [-0.2, 0) is 0 Å². The minimum absolute atomic E-state index is 0.331. The predicted octanol–water partition coefficient (Wildman–Crippen LogP) is 1.98. The van der Waals surface area contributed by atoms with Crippen LogP contribution in [0.15, 0.2) is 30.3 Å². The maximum atomic E-state index is 12.0. The highest BCUT2D eigenvalue weighted by atomic mass is 19.1. The number of hydrogen-bond acceptors (Lipinski definition) is 1. The van der Waals surface area contributed by atoms with Gasteiger partial charge in [0.2, 0.25) is 5.97 Å². The van der Waals surface area contributed by atoms with Crippen molar-refractivity contribution in [3.63, 3.8) is 0 Å². The Hall–Kier alpha value is -1.18. The van der Waals surface area contributed by atoms with Gasteiger partial charge in [0.15, 0.2) is 0 Å². The molecule has 0 radical (unpaired) electrons. The molecular weight excluding hydrogens is 117 g/mol. The Morgan fingerprint density at radius 3 is 2.11 bits per heavy atom. The quantitative estimate of drug-likeness (QED) is 0.552. The second-order valence-corrected chi connectivity index (χ2v) is 1.68. The number of nitrogens with one attached hydrogen (secondary N) is 1. The van der Waals surface area contributed by atoms with Crippen molar-refractivity contribution < 1.29 is 4.39 Å². The zero-order valence-corrected chi connectivity index (χ0v) is 4.76. The van der Waals surface area contributed by atoms with Gasteiger partial charge in [0.1, 0.15) is 0 Å². The molecule has 0 fully saturated rings. The summed E-state index contributed by atoms with van der Waals surface area (Å²) in [6, 6.07) is 8.30. The zero-order valence-electron chi connectivity index (χ0n) is 4.76. The number of benzene rings is 1. The van der Waals surface area contributed by atoms with Crippen LogP contribution in [0.2, 0.25) is 0 Å². The van der Waals surface area contributed by atoms with Crippen LogP contribution in [0.25, 0.3) is 0 Å². The van der Waals surface area contributed by atoms with Crippen molar-refractivity contribution in [2.75, 3.05) is 0 Å². The van der Waals surface area contributed by atoms with Crippen molar-refractivity contribution in [1.82, 2.24) is 0 Å². The largest absolute Gasteiger partial charge is 0.274 e. The van der Waals surface area contributed by atoms with Gasteiger partial charge >= 0.3 is 0 Å². The average Bonchev–Trinajstić information content (AvgIpc) is 1.90. The maximum Gasteiger partial charge on any atom is 0.212 e. The SMILES string of the molecule is N=C(F)c1ccccc1. The zero-order chi connectivity index (χ0) is 6.69. The van der Waals surface area contributed by atoms with Gasteiger partial charge in [-0.1, -0.05) is 30.3 Å². The summed E-state index contributed by atoms with van der Waals surface area (Å²) >= 11 is 0. The summed E-state index contributed by atoms with van der Waals surface area (Å²) in [6.07, 6.45) is 0. The van der Waals surface area contributed by atoms with Crippen molar-refractivity contribution in [2.45, 2.75) is 0 Å². The normalized spacial score (nSPS) is 9.00. The van der Waals surface area contributed by atoms with Crippen LogP contribution >= 0.6 is 0 Å². The Balaban J connectivity index is 2.98. The van der Waals surface area contributed by atoms with E-state index < -0.39 is 5.97 Å². The highest BCUT2D eigenvalue weighted by Crippen LogP contribution is 1.98. The first-order valence-electron chi connectivity index (χ1n) is 2.60. The molecule has 0 saturated carbocycles. The van der Waals surface area contributed by atoms with Crippen LogP contribution in [0.3, 0.4) is 0 Å². The fraction of sp³-hybridized carbons (Fsp3) is 0. The van der Waals surface area contributed by atoms with Crippen LogP contribution in [0.1, 0.15) is 5.56 Å². The molecular formula is C7H6FN. The first-order valence-corrected chi connectivity index (χ1v) is 2.60. The van der Waals surface area contributed by atoms with Crippen LogP contribution < -0.4 is 0 Å². The third-order valence-corrected chi connectivity index (χ3v) is 1.03. The van der Waals surface area contributed by atoms with Gasteiger partial charge in [-0.25, -0.2) is 0 Å². The number of rotatable bonds is 1. The molecule has 9 heavy (non-hydrogen) atoms. The molecule has 1 nitrogen and oxygen atoms in total. The minimum Gasteiger partial charge on any atom is -0.274 e. The first kappa shape index (κ1) is 5.95. The second-order valence-electron chi connectivity index (χ2n) is 1.68. The smallest absolute Gasteiger partial charge is 0.212 e. The van der Waals surface area contributed by atoms with E-state index in [1.165, 1.54) is 0 Å². The Bertz CT molecular complexity index is 205. The molecule has 0 saturated heterocycles. The first-order chi connectivity index (χ1) is 4.30. The van der Waals surface area contributed by atoms with Gasteiger partial charge in [-0.15, -0.1) is 0 Å².